The second-order valence-corrected chi connectivity index (χ2v) is 8.00. The van der Waals surface area contributed by atoms with Gasteiger partial charge in [-0.1, -0.05) is 0 Å². The third kappa shape index (κ3) is 33.5. The van der Waals surface area contributed by atoms with Crippen molar-refractivity contribution in [1.82, 2.24) is 9.80 Å². The number of aliphatic hydroxyl groups excluding tert-OH is 5. The Bertz CT molecular complexity index is 767. The molecule has 0 fully saturated rings. The molecule has 0 unspecified atom stereocenters. The van der Waals surface area contributed by atoms with Crippen LogP contribution in [0.5, 0.6) is 0 Å². The normalized spacial score (nSPS) is 13.3. The number of carboxylic acids is 6. The quantitative estimate of drug-likeness (QED) is 0.0463. The maximum absolute atomic E-state index is 10.6. The van der Waals surface area contributed by atoms with E-state index in [1.54, 1.807) is 0 Å². The summed E-state index contributed by atoms with van der Waals surface area (Å²) in [6.07, 6.45) is -7.84. The van der Waals surface area contributed by atoms with Crippen LogP contribution in [-0.4, -0.2) is 289 Å². The van der Waals surface area contributed by atoms with Crippen molar-refractivity contribution in [2.45, 2.75) is 30.5 Å². The van der Waals surface area contributed by atoms with E-state index in [4.69, 9.17) is 61.9 Å². The number of carbonyl (C=O) groups is 6. The van der Waals surface area contributed by atoms with Crippen molar-refractivity contribution in [1.29, 1.82) is 0 Å². The van der Waals surface area contributed by atoms with Crippen molar-refractivity contribution in [2.24, 2.45) is 5.73 Å². The molecule has 0 bridgehead atoms. The Hall–Kier alpha value is 0.369. The Morgan fingerprint density at radius 1 is 0.628 bits per heavy atom. The summed E-state index contributed by atoms with van der Waals surface area (Å²) in [4.78, 5) is 64.2. The van der Waals surface area contributed by atoms with Crippen LogP contribution in [0.3, 0.4) is 0 Å². The number of aliphatic carboxylic acids is 6. The van der Waals surface area contributed by atoms with Gasteiger partial charge in [0, 0.05) is 124 Å². The van der Waals surface area contributed by atoms with E-state index >= 15 is 0 Å². The Morgan fingerprint density at radius 3 is 1.09 bits per heavy atom. The molecular formula is C19H35Ca2N3NaO17S. The maximum Gasteiger partial charge on any atom is 0.335 e. The van der Waals surface area contributed by atoms with Gasteiger partial charge in [-0.2, -0.15) is 12.6 Å². The molecule has 43 heavy (non-hydrogen) atoms. The predicted molar refractivity (Wildman–Crippen MR) is 149 cm³/mol. The minimum Gasteiger partial charge on any atom is -0.480 e. The number of thiol groups is 1. The van der Waals surface area contributed by atoms with Crippen LogP contribution in [0.25, 0.3) is 0 Å². The summed E-state index contributed by atoms with van der Waals surface area (Å²) < 4.78 is 0. The van der Waals surface area contributed by atoms with Crippen molar-refractivity contribution in [2.75, 3.05) is 51.6 Å². The van der Waals surface area contributed by atoms with Gasteiger partial charge in [-0.3, -0.25) is 33.8 Å². The SMILES string of the molecule is N[C@@H](CS)C(=O)O.O=C(O)CN(CCN(CC(=O)O)CC(=O)O)CC(=O)O.O=C(O)[C@H](O)[C@@H](O)[C@H](O)[C@H](O)CO.[Ca].[Ca].[Na]. The van der Waals surface area contributed by atoms with Crippen LogP contribution in [0.15, 0.2) is 0 Å². The first kappa shape index (κ1) is 55.8. The van der Waals surface area contributed by atoms with Crippen LogP contribution in [0.1, 0.15) is 0 Å². The van der Waals surface area contributed by atoms with E-state index in [0.29, 0.717) is 0 Å². The Labute approximate surface area is 332 Å². The van der Waals surface area contributed by atoms with Crippen LogP contribution >= 0.6 is 12.6 Å². The Kier molecular flexibility index (Phi) is 41.9. The van der Waals surface area contributed by atoms with Crippen molar-refractivity contribution in [3.8, 4) is 0 Å². The summed E-state index contributed by atoms with van der Waals surface area (Å²) in [6, 6.07) is -0.816. The summed E-state index contributed by atoms with van der Waals surface area (Å²) >= 11 is 3.65. The fraction of sp³-hybridized carbons (Fsp3) is 0.684. The van der Waals surface area contributed by atoms with E-state index in [9.17, 15) is 28.8 Å². The van der Waals surface area contributed by atoms with Crippen molar-refractivity contribution in [3.05, 3.63) is 0 Å². The number of aliphatic hydroxyl groups is 5. The second kappa shape index (κ2) is 32.3. The van der Waals surface area contributed by atoms with Crippen LogP contribution in [-0.2, 0) is 28.8 Å². The summed E-state index contributed by atoms with van der Waals surface area (Å²) in [5.41, 5.74) is 4.94. The molecule has 0 aliphatic rings. The fourth-order valence-corrected chi connectivity index (χ4v) is 2.38. The molecule has 0 saturated carbocycles. The van der Waals surface area contributed by atoms with Crippen LogP contribution in [0, 0.1) is 0 Å². The third-order valence-corrected chi connectivity index (χ3v) is 4.58. The van der Waals surface area contributed by atoms with Gasteiger partial charge in [-0.25, -0.2) is 4.79 Å². The third-order valence-electron chi connectivity index (χ3n) is 4.19. The number of nitrogens with two attached hydrogens (primary N) is 1. The molecule has 0 aromatic carbocycles. The van der Waals surface area contributed by atoms with Gasteiger partial charge in [0.25, 0.3) is 0 Å². The molecule has 5 radical (unpaired) electrons. The molecule has 5 atom stereocenters. The molecule has 0 spiro atoms. The molecule has 239 valence electrons. The zero-order valence-corrected chi connectivity index (χ0v) is 30.6. The molecule has 0 aliphatic carbocycles. The second-order valence-electron chi connectivity index (χ2n) is 7.64. The largest absolute Gasteiger partial charge is 0.480 e. The van der Waals surface area contributed by atoms with Gasteiger partial charge < -0.3 is 61.9 Å². The van der Waals surface area contributed by atoms with Gasteiger partial charge in [-0.15, -0.1) is 0 Å². The molecule has 0 aliphatic heterocycles. The van der Waals surface area contributed by atoms with Crippen LogP contribution in [0.2, 0.25) is 0 Å². The minimum atomic E-state index is -2.20. The van der Waals surface area contributed by atoms with Crippen LogP contribution < -0.4 is 5.73 Å². The Balaban J connectivity index is -0.000000129. The van der Waals surface area contributed by atoms with Crippen molar-refractivity contribution < 1.29 is 84.9 Å². The topological polar surface area (TPSA) is 357 Å². The summed E-state index contributed by atoms with van der Waals surface area (Å²) in [6.45, 7) is -3.09. The monoisotopic (exact) mass is 712 g/mol. The van der Waals surface area contributed by atoms with E-state index in [0.717, 1.165) is 9.80 Å². The smallest absolute Gasteiger partial charge is 0.335 e. The first-order valence-electron chi connectivity index (χ1n) is 10.8. The summed E-state index contributed by atoms with van der Waals surface area (Å²) in [7, 11) is 0. The summed E-state index contributed by atoms with van der Waals surface area (Å²) in [5, 5.41) is 94.3. The van der Waals surface area contributed by atoms with Gasteiger partial charge in [0.05, 0.1) is 32.8 Å². The van der Waals surface area contributed by atoms with E-state index in [1.165, 1.54) is 0 Å². The molecule has 0 saturated heterocycles. The molecule has 0 heterocycles. The fourth-order valence-electron chi connectivity index (χ4n) is 2.22. The van der Waals surface area contributed by atoms with E-state index < -0.39 is 99.1 Å². The van der Waals surface area contributed by atoms with Gasteiger partial charge in [0.2, 0.25) is 0 Å². The zero-order chi connectivity index (χ0) is 32.2. The number of carboxylic acid groups (broad SMARTS) is 6. The van der Waals surface area contributed by atoms with Crippen molar-refractivity contribution in [3.63, 3.8) is 0 Å². The minimum absolute atomic E-state index is 0. The Morgan fingerprint density at radius 2 is 0.930 bits per heavy atom. The maximum atomic E-state index is 10.6. The van der Waals surface area contributed by atoms with Crippen molar-refractivity contribution >= 4 is 153 Å². The van der Waals surface area contributed by atoms with Gasteiger partial charge >= 0.3 is 35.8 Å². The summed E-state index contributed by atoms with van der Waals surface area (Å²) in [5.74, 6) is -7.45. The molecule has 0 rings (SSSR count). The van der Waals surface area contributed by atoms with Crippen LogP contribution in [0.4, 0.5) is 0 Å². The number of rotatable bonds is 18. The zero-order valence-electron chi connectivity index (χ0n) is 23.2. The van der Waals surface area contributed by atoms with E-state index in [-0.39, 0.29) is 124 Å². The molecule has 13 N–H and O–H groups in total. The molecular weight excluding hydrogens is 677 g/mol. The van der Waals surface area contributed by atoms with E-state index in [2.05, 4.69) is 12.6 Å². The average Bonchev–Trinajstić information content (AvgIpc) is 2.83. The molecule has 20 nitrogen and oxygen atoms in total. The molecule has 24 heteroatoms. The van der Waals surface area contributed by atoms with Gasteiger partial charge in [0.15, 0.2) is 6.10 Å². The standard InChI is InChI=1S/C10H16N2O8.C6H12O7.C3H7NO2S.2Ca.Na/c13-7(14)3-11(4-8(15)16)1-2-12(5-9(17)18)6-10(19)20;7-1-2(8)3(9)4(10)5(11)6(12)13;4-2(1-7)3(5)6;;;/h1-6H2,(H,13,14)(H,15,16)(H,17,18)(H,19,20);2-5,7-11H,1H2,(H,12,13);2,7H,1,4H2,(H,5,6);;;/t;2-,3-,4+,5-;2-;;;/m.10.../s1. The molecule has 0 aromatic rings. The average molecular weight is 713 g/mol. The first-order valence-corrected chi connectivity index (χ1v) is 11.4. The number of hydrogen-bond donors (Lipinski definition) is 13. The first-order chi connectivity index (χ1) is 18.3. The van der Waals surface area contributed by atoms with Gasteiger partial charge in [-0.05, 0) is 0 Å². The predicted octanol–water partition coefficient (Wildman–Crippen LogP) is -7.38. The molecule has 0 amide bonds. The number of nitrogens with zero attached hydrogens (tertiary/aromatic N) is 2. The molecule has 0 aromatic heterocycles. The van der Waals surface area contributed by atoms with Gasteiger partial charge in [0.1, 0.15) is 24.4 Å². The van der Waals surface area contributed by atoms with E-state index in [1.807, 2.05) is 0 Å². The number of hydrogen-bond acceptors (Lipinski definition) is 15.